The first-order valence-corrected chi connectivity index (χ1v) is 11.8. The first-order valence-electron chi connectivity index (χ1n) is 11.5. The molecule has 0 saturated heterocycles. The summed E-state index contributed by atoms with van der Waals surface area (Å²) in [7, 11) is 3.00. The topological polar surface area (TPSA) is 88.4 Å². The van der Waals surface area contributed by atoms with E-state index in [9.17, 15) is 4.79 Å². The second-order valence-electron chi connectivity index (χ2n) is 8.52. The van der Waals surface area contributed by atoms with Crippen LogP contribution < -0.4 is 19.8 Å². The van der Waals surface area contributed by atoms with Gasteiger partial charge in [0.15, 0.2) is 0 Å². The zero-order valence-electron chi connectivity index (χ0n) is 20.6. The predicted molar refractivity (Wildman–Crippen MR) is 139 cm³/mol. The summed E-state index contributed by atoms with van der Waals surface area (Å²) in [5, 5.41) is 0.468. The van der Waals surface area contributed by atoms with Crippen molar-refractivity contribution in [1.82, 2.24) is 19.5 Å². The van der Waals surface area contributed by atoms with E-state index in [4.69, 9.17) is 25.8 Å². The van der Waals surface area contributed by atoms with Crippen LogP contribution in [0.4, 0.5) is 0 Å². The Balaban J connectivity index is 1.90. The molecule has 0 atom stereocenters. The maximum absolute atomic E-state index is 13.7. The number of benzene rings is 1. The maximum Gasteiger partial charge on any atom is 0.319 e. The smallest absolute Gasteiger partial charge is 0.319 e. The molecule has 186 valence electrons. The molecule has 0 bridgehead atoms. The van der Waals surface area contributed by atoms with E-state index in [2.05, 4.69) is 28.8 Å². The highest BCUT2D eigenvalue weighted by molar-refractivity contribution is 6.31. The van der Waals surface area contributed by atoms with Crippen LogP contribution in [0.25, 0.3) is 27.9 Å². The van der Waals surface area contributed by atoms with E-state index in [1.54, 1.807) is 49.1 Å². The van der Waals surface area contributed by atoms with Crippen LogP contribution in [-0.4, -0.2) is 40.3 Å². The van der Waals surface area contributed by atoms with E-state index >= 15 is 0 Å². The molecule has 3 aromatic heterocycles. The quantitative estimate of drug-likeness (QED) is 0.298. The number of hydrogen-bond acceptors (Lipinski definition) is 7. The van der Waals surface area contributed by atoms with Crippen LogP contribution in [0.15, 0.2) is 66.0 Å². The molecule has 0 saturated carbocycles. The number of hydrogen-bond donors (Lipinski definition) is 0. The van der Waals surface area contributed by atoms with Crippen molar-refractivity contribution in [3.63, 3.8) is 0 Å². The summed E-state index contributed by atoms with van der Waals surface area (Å²) in [6, 6.07) is 10.8. The van der Waals surface area contributed by atoms with Crippen molar-refractivity contribution in [3.8, 4) is 45.6 Å². The first-order chi connectivity index (χ1) is 17.4. The second-order valence-corrected chi connectivity index (χ2v) is 8.95. The highest BCUT2D eigenvalue weighted by Crippen LogP contribution is 2.33. The number of rotatable bonds is 9. The van der Waals surface area contributed by atoms with Crippen LogP contribution in [0.3, 0.4) is 0 Å². The fourth-order valence-corrected chi connectivity index (χ4v) is 3.87. The first kappa shape index (κ1) is 25.2. The third-order valence-corrected chi connectivity index (χ3v) is 5.72. The Morgan fingerprint density at radius 1 is 1.03 bits per heavy atom. The van der Waals surface area contributed by atoms with Crippen LogP contribution in [0.5, 0.6) is 17.6 Å². The minimum absolute atomic E-state index is 0.175. The predicted octanol–water partition coefficient (Wildman–Crippen LogP) is 5.45. The lowest BCUT2D eigenvalue weighted by atomic mass is 10.0. The largest absolute Gasteiger partial charge is 0.494 e. The van der Waals surface area contributed by atoms with Crippen molar-refractivity contribution < 1.29 is 14.2 Å². The van der Waals surface area contributed by atoms with Crippen molar-refractivity contribution in [2.24, 2.45) is 5.92 Å². The van der Waals surface area contributed by atoms with E-state index in [1.165, 1.54) is 18.8 Å². The van der Waals surface area contributed by atoms with Gasteiger partial charge in [0.2, 0.25) is 5.88 Å². The van der Waals surface area contributed by atoms with Crippen molar-refractivity contribution in [1.29, 1.82) is 0 Å². The summed E-state index contributed by atoms with van der Waals surface area (Å²) in [5.74, 6) is 1.42. The molecule has 0 spiro atoms. The summed E-state index contributed by atoms with van der Waals surface area (Å²) in [6.45, 7) is 4.82. The number of pyridine rings is 2. The van der Waals surface area contributed by atoms with E-state index < -0.39 is 0 Å². The Morgan fingerprint density at radius 2 is 1.86 bits per heavy atom. The van der Waals surface area contributed by atoms with Crippen LogP contribution in [0, 0.1) is 5.92 Å². The average Bonchev–Trinajstić information content (AvgIpc) is 2.88. The minimum atomic E-state index is -0.240. The lowest BCUT2D eigenvalue weighted by Gasteiger charge is -2.15. The van der Waals surface area contributed by atoms with Gasteiger partial charge in [0, 0.05) is 34.7 Å². The van der Waals surface area contributed by atoms with Gasteiger partial charge in [-0.25, -0.2) is 4.98 Å². The lowest BCUT2D eigenvalue weighted by Crippen LogP contribution is -2.20. The average molecular weight is 507 g/mol. The molecular formula is C27H27ClN4O4. The standard InChI is InChI=1S/C27H27ClN4O4/c1-17(2)7-9-36-22-11-18(10-20(28)13-22)23-12-19(24-15-30-27(35-4)31-25(24)34-3)16-32(26(23)33)21-6-5-8-29-14-21/h5-6,8,10-17H,7,9H2,1-4H3. The van der Waals surface area contributed by atoms with Crippen molar-refractivity contribution in [2.45, 2.75) is 20.3 Å². The van der Waals surface area contributed by atoms with E-state index in [1.807, 2.05) is 12.1 Å². The SMILES string of the molecule is COc1ncc(-c2cc(-c3cc(Cl)cc(OCCC(C)C)c3)c(=O)n(-c3cccnc3)c2)c(OC)n1. The number of aromatic nitrogens is 4. The monoisotopic (exact) mass is 506 g/mol. The van der Waals surface area contributed by atoms with Gasteiger partial charge in [-0.1, -0.05) is 25.4 Å². The van der Waals surface area contributed by atoms with E-state index in [-0.39, 0.29) is 11.6 Å². The van der Waals surface area contributed by atoms with Gasteiger partial charge in [0.25, 0.3) is 5.56 Å². The van der Waals surface area contributed by atoms with Gasteiger partial charge in [0.05, 0.1) is 38.3 Å². The van der Waals surface area contributed by atoms with Crippen LogP contribution >= 0.6 is 11.6 Å². The number of ether oxygens (including phenoxy) is 3. The lowest BCUT2D eigenvalue weighted by molar-refractivity contribution is 0.289. The molecule has 0 radical (unpaired) electrons. The normalized spacial score (nSPS) is 10.9. The number of nitrogens with zero attached hydrogens (tertiary/aromatic N) is 4. The summed E-state index contributed by atoms with van der Waals surface area (Å²) in [6.07, 6.45) is 7.48. The van der Waals surface area contributed by atoms with Gasteiger partial charge in [0.1, 0.15) is 5.75 Å². The highest BCUT2D eigenvalue weighted by atomic mass is 35.5. The Labute approximate surface area is 214 Å². The molecule has 4 rings (SSSR count). The molecule has 0 aliphatic heterocycles. The van der Waals surface area contributed by atoms with Gasteiger partial charge in [-0.05, 0) is 54.3 Å². The van der Waals surface area contributed by atoms with Gasteiger partial charge >= 0.3 is 6.01 Å². The van der Waals surface area contributed by atoms with Gasteiger partial charge in [-0.2, -0.15) is 4.98 Å². The van der Waals surface area contributed by atoms with Crippen molar-refractivity contribution in [3.05, 3.63) is 76.6 Å². The summed E-state index contributed by atoms with van der Waals surface area (Å²) in [4.78, 5) is 26.4. The third-order valence-electron chi connectivity index (χ3n) is 5.51. The van der Waals surface area contributed by atoms with Crippen molar-refractivity contribution in [2.75, 3.05) is 20.8 Å². The van der Waals surface area contributed by atoms with Crippen LogP contribution in [-0.2, 0) is 0 Å². The summed E-state index contributed by atoms with van der Waals surface area (Å²) in [5.41, 5.74) is 2.66. The second kappa shape index (κ2) is 11.2. The Morgan fingerprint density at radius 3 is 2.56 bits per heavy atom. The Hall–Kier alpha value is -3.91. The third kappa shape index (κ3) is 5.66. The molecule has 0 unspecified atom stereocenters. The molecule has 3 heterocycles. The zero-order valence-corrected chi connectivity index (χ0v) is 21.3. The molecule has 4 aromatic rings. The van der Waals surface area contributed by atoms with Gasteiger partial charge in [-0.15, -0.1) is 0 Å². The number of halogens is 1. The molecule has 9 heteroatoms. The van der Waals surface area contributed by atoms with E-state index in [0.717, 1.165) is 6.42 Å². The minimum Gasteiger partial charge on any atom is -0.494 e. The molecule has 0 aliphatic rings. The highest BCUT2D eigenvalue weighted by Gasteiger charge is 2.17. The Bertz CT molecular complexity index is 1410. The Kier molecular flexibility index (Phi) is 7.85. The zero-order chi connectivity index (χ0) is 25.7. The van der Waals surface area contributed by atoms with Crippen molar-refractivity contribution >= 4 is 11.6 Å². The van der Waals surface area contributed by atoms with Crippen LogP contribution in [0.2, 0.25) is 5.02 Å². The van der Waals surface area contributed by atoms with Gasteiger partial charge in [-0.3, -0.25) is 14.3 Å². The maximum atomic E-state index is 13.7. The molecular weight excluding hydrogens is 480 g/mol. The van der Waals surface area contributed by atoms with E-state index in [0.29, 0.717) is 57.1 Å². The molecule has 0 N–H and O–H groups in total. The summed E-state index contributed by atoms with van der Waals surface area (Å²) < 4.78 is 18.1. The molecule has 1 aromatic carbocycles. The molecule has 36 heavy (non-hydrogen) atoms. The molecule has 0 fully saturated rings. The van der Waals surface area contributed by atoms with Gasteiger partial charge < -0.3 is 14.2 Å². The summed E-state index contributed by atoms with van der Waals surface area (Å²) >= 11 is 6.44. The number of methoxy groups -OCH3 is 2. The molecule has 0 amide bonds. The van der Waals surface area contributed by atoms with Crippen LogP contribution in [0.1, 0.15) is 20.3 Å². The fourth-order valence-electron chi connectivity index (χ4n) is 3.64. The molecule has 0 aliphatic carbocycles. The fraction of sp³-hybridized carbons (Fsp3) is 0.259. The molecule has 8 nitrogen and oxygen atoms in total.